The van der Waals surface area contributed by atoms with Gasteiger partial charge in [-0.3, -0.25) is 4.79 Å². The topological polar surface area (TPSA) is 91.0 Å². The summed E-state index contributed by atoms with van der Waals surface area (Å²) in [5, 5.41) is 12.9. The van der Waals surface area contributed by atoms with Crippen molar-refractivity contribution in [2.75, 3.05) is 6.61 Å². The Labute approximate surface area is 229 Å². The van der Waals surface area contributed by atoms with Gasteiger partial charge in [0, 0.05) is 40.7 Å². The molecule has 2 atom stereocenters. The minimum atomic E-state index is -0.838. The number of ether oxygens (including phenoxy) is 3. The molecule has 0 saturated heterocycles. The largest absolute Gasteiger partial charge is 0.493 e. The van der Waals surface area contributed by atoms with E-state index in [-0.39, 0.29) is 18.1 Å². The van der Waals surface area contributed by atoms with Gasteiger partial charge in [0.1, 0.15) is 34.9 Å². The first-order chi connectivity index (χ1) is 19.3. The fraction of sp³-hybridized carbons (Fsp3) is 0.290. The van der Waals surface area contributed by atoms with E-state index in [9.17, 15) is 4.79 Å². The summed E-state index contributed by atoms with van der Waals surface area (Å²) in [6.07, 6.45) is 1.05. The van der Waals surface area contributed by atoms with Crippen molar-refractivity contribution in [3.8, 4) is 34.1 Å². The van der Waals surface area contributed by atoms with Gasteiger partial charge < -0.3 is 23.8 Å². The van der Waals surface area contributed by atoms with E-state index in [1.807, 2.05) is 6.07 Å². The van der Waals surface area contributed by atoms with Gasteiger partial charge in [0.25, 0.3) is 0 Å². The molecule has 2 heterocycles. The van der Waals surface area contributed by atoms with Crippen LogP contribution in [0.5, 0.6) is 23.0 Å². The van der Waals surface area contributed by atoms with Crippen LogP contribution in [0.15, 0.2) is 53.1 Å². The molecule has 1 aliphatic carbocycles. The Morgan fingerprint density at radius 1 is 1.07 bits per heavy atom. The van der Waals surface area contributed by atoms with Gasteiger partial charge >= 0.3 is 5.97 Å². The fourth-order valence-electron chi connectivity index (χ4n) is 5.64. The highest BCUT2D eigenvalue weighted by Gasteiger charge is 2.32. The monoisotopic (exact) mass is 547 g/mol. The lowest BCUT2D eigenvalue weighted by Gasteiger charge is -2.17. The number of halogens is 2. The molecule has 3 aromatic carbocycles. The van der Waals surface area contributed by atoms with Crippen molar-refractivity contribution in [1.29, 1.82) is 0 Å². The van der Waals surface area contributed by atoms with Crippen LogP contribution in [0, 0.1) is 25.5 Å². The van der Waals surface area contributed by atoms with Gasteiger partial charge in [-0.15, -0.1) is 0 Å². The van der Waals surface area contributed by atoms with Gasteiger partial charge in [-0.2, -0.15) is 0 Å². The molecule has 2 aliphatic rings. The average Bonchev–Trinajstić information content (AvgIpc) is 3.63. The lowest BCUT2D eigenvalue weighted by Crippen LogP contribution is -2.06. The van der Waals surface area contributed by atoms with Crippen molar-refractivity contribution in [1.82, 2.24) is 5.16 Å². The number of fused-ring (bicyclic) bond motifs is 2. The Kier molecular flexibility index (Phi) is 6.65. The maximum atomic E-state index is 15.1. The van der Waals surface area contributed by atoms with Crippen molar-refractivity contribution in [3.63, 3.8) is 0 Å². The standard InChI is InChI=1S/C31H27F2NO6/c1-16-30(17(2)40-34-16)18-3-9-26(24(33)13-18)39-25-11-8-23(32)31-22(25)7-10-27(31)38-20-5-6-21-19(4-12-29(35)36)15-37-28(21)14-20/h3,5-6,8-9,11,13-14,19,27H,4,7,10,12,15H2,1-2H3,(H,35,36)/t19-,27-/m1/s1. The smallest absolute Gasteiger partial charge is 0.303 e. The van der Waals surface area contributed by atoms with Crippen LogP contribution >= 0.6 is 0 Å². The minimum absolute atomic E-state index is 0.0170. The SMILES string of the molecule is Cc1noc(C)c1-c1ccc(Oc2ccc(F)c3c2CC[C@H]3Oc2ccc3c(c2)OC[C@H]3CCC(=O)O)c(F)c1. The zero-order valence-corrected chi connectivity index (χ0v) is 22.0. The number of carboxylic acids is 1. The van der Waals surface area contributed by atoms with Gasteiger partial charge in [-0.25, -0.2) is 8.78 Å². The third-order valence-electron chi connectivity index (χ3n) is 7.56. The Bertz CT molecular complexity index is 1590. The number of rotatable bonds is 8. The maximum Gasteiger partial charge on any atom is 0.303 e. The van der Waals surface area contributed by atoms with Crippen LogP contribution in [0.3, 0.4) is 0 Å². The highest BCUT2D eigenvalue weighted by Crippen LogP contribution is 2.45. The van der Waals surface area contributed by atoms with Crippen LogP contribution in [0.2, 0.25) is 0 Å². The van der Waals surface area contributed by atoms with E-state index in [1.54, 1.807) is 38.1 Å². The summed E-state index contributed by atoms with van der Waals surface area (Å²) >= 11 is 0. The van der Waals surface area contributed by atoms with Crippen LogP contribution in [0.25, 0.3) is 11.1 Å². The van der Waals surface area contributed by atoms with E-state index in [4.69, 9.17) is 23.8 Å². The summed E-state index contributed by atoms with van der Waals surface area (Å²) in [5.41, 5.74) is 4.02. The van der Waals surface area contributed by atoms with Gasteiger partial charge in [-0.05, 0) is 69.0 Å². The molecule has 40 heavy (non-hydrogen) atoms. The lowest BCUT2D eigenvalue weighted by atomic mass is 9.96. The number of aromatic nitrogens is 1. The number of carboxylic acid groups (broad SMARTS) is 1. The molecule has 9 heteroatoms. The molecule has 0 bridgehead atoms. The molecule has 206 valence electrons. The van der Waals surface area contributed by atoms with Crippen molar-refractivity contribution in [2.45, 2.75) is 51.6 Å². The first-order valence-electron chi connectivity index (χ1n) is 13.2. The average molecular weight is 548 g/mol. The number of nitrogens with zero attached hydrogens (tertiary/aromatic N) is 1. The van der Waals surface area contributed by atoms with Crippen LogP contribution in [-0.2, 0) is 11.2 Å². The second-order valence-electron chi connectivity index (χ2n) is 10.2. The first-order valence-corrected chi connectivity index (χ1v) is 13.2. The third kappa shape index (κ3) is 4.76. The molecule has 1 N–H and O–H groups in total. The molecule has 1 aliphatic heterocycles. The third-order valence-corrected chi connectivity index (χ3v) is 7.56. The molecular formula is C31H27F2NO6. The van der Waals surface area contributed by atoms with E-state index in [0.717, 1.165) is 11.1 Å². The highest BCUT2D eigenvalue weighted by atomic mass is 19.1. The molecule has 4 aromatic rings. The van der Waals surface area contributed by atoms with Crippen molar-refractivity contribution in [2.24, 2.45) is 0 Å². The second-order valence-corrected chi connectivity index (χ2v) is 10.2. The number of benzene rings is 3. The number of aliphatic carboxylic acids is 1. The van der Waals surface area contributed by atoms with Crippen LogP contribution in [0.1, 0.15) is 59.4 Å². The van der Waals surface area contributed by atoms with Crippen molar-refractivity contribution >= 4 is 5.97 Å². The fourth-order valence-corrected chi connectivity index (χ4v) is 5.64. The molecule has 0 unspecified atom stereocenters. The summed E-state index contributed by atoms with van der Waals surface area (Å²) in [6.45, 7) is 3.99. The Morgan fingerprint density at radius 3 is 2.65 bits per heavy atom. The predicted octanol–water partition coefficient (Wildman–Crippen LogP) is 7.44. The van der Waals surface area contributed by atoms with Gasteiger partial charge in [0.05, 0.1) is 12.3 Å². The molecule has 7 nitrogen and oxygen atoms in total. The van der Waals surface area contributed by atoms with E-state index in [1.165, 1.54) is 18.2 Å². The van der Waals surface area contributed by atoms with Crippen LogP contribution in [-0.4, -0.2) is 22.8 Å². The summed E-state index contributed by atoms with van der Waals surface area (Å²) in [7, 11) is 0. The zero-order chi connectivity index (χ0) is 28.0. The van der Waals surface area contributed by atoms with Crippen molar-refractivity contribution in [3.05, 3.63) is 88.3 Å². The van der Waals surface area contributed by atoms with E-state index in [2.05, 4.69) is 5.16 Å². The van der Waals surface area contributed by atoms with Crippen LogP contribution in [0.4, 0.5) is 8.78 Å². The molecule has 0 amide bonds. The lowest BCUT2D eigenvalue weighted by molar-refractivity contribution is -0.137. The van der Waals surface area contributed by atoms with Gasteiger partial charge in [-0.1, -0.05) is 17.3 Å². The quantitative estimate of drug-likeness (QED) is 0.245. The Morgan fingerprint density at radius 2 is 1.90 bits per heavy atom. The van der Waals surface area contributed by atoms with Gasteiger partial charge in [0.2, 0.25) is 0 Å². The summed E-state index contributed by atoms with van der Waals surface area (Å²) in [4.78, 5) is 10.9. The van der Waals surface area contributed by atoms with E-state index >= 15 is 8.78 Å². The van der Waals surface area contributed by atoms with Crippen molar-refractivity contribution < 1.29 is 37.4 Å². The summed E-state index contributed by atoms with van der Waals surface area (Å²) < 4.78 is 53.3. The minimum Gasteiger partial charge on any atom is -0.493 e. The molecule has 6 rings (SSSR count). The summed E-state index contributed by atoms with van der Waals surface area (Å²) in [5.74, 6) is 0.402. The molecule has 0 saturated carbocycles. The Balaban J connectivity index is 1.21. The van der Waals surface area contributed by atoms with Crippen LogP contribution < -0.4 is 14.2 Å². The number of hydrogen-bond donors (Lipinski definition) is 1. The van der Waals surface area contributed by atoms with E-state index in [0.29, 0.717) is 71.3 Å². The van der Waals surface area contributed by atoms with E-state index < -0.39 is 23.7 Å². The zero-order valence-electron chi connectivity index (χ0n) is 22.0. The van der Waals surface area contributed by atoms with Gasteiger partial charge in [0.15, 0.2) is 11.6 Å². The molecule has 1 aromatic heterocycles. The first kappa shape index (κ1) is 25.9. The normalized spacial score (nSPS) is 17.3. The highest BCUT2D eigenvalue weighted by molar-refractivity contribution is 5.68. The molecule has 0 fully saturated rings. The maximum absolute atomic E-state index is 15.1. The second kappa shape index (κ2) is 10.3. The predicted molar refractivity (Wildman–Crippen MR) is 141 cm³/mol. The summed E-state index contributed by atoms with van der Waals surface area (Å²) in [6, 6.07) is 12.9. The number of hydrogen-bond acceptors (Lipinski definition) is 6. The Hall–Kier alpha value is -4.40. The number of carbonyl (C=O) groups is 1. The molecule has 0 spiro atoms. The molecule has 0 radical (unpaired) electrons. The molecular weight excluding hydrogens is 520 g/mol. The number of aryl methyl sites for hydroxylation is 2.